The number of ether oxygens (including phenoxy) is 2. The molecule has 3 aromatic rings. The largest absolute Gasteiger partial charge is 0.470 e. The molecule has 0 fully saturated rings. The fraction of sp³-hybridized carbons (Fsp3) is 0.263. The number of halogens is 4. The predicted molar refractivity (Wildman–Crippen MR) is 104 cm³/mol. The van der Waals surface area contributed by atoms with E-state index in [1.54, 1.807) is 18.2 Å². The Hall–Kier alpha value is -3.35. The minimum Gasteiger partial charge on any atom is -0.470 e. The SMILES string of the molecule is CCS(=O)(=O)c1cc(Oc2ccccn2)cnc1-c1ccc(OCC(F)(F)C(F)F)nn1. The number of hydrogen-bond acceptors (Lipinski definition) is 8. The van der Waals surface area contributed by atoms with Crippen molar-refractivity contribution in [3.8, 4) is 28.9 Å². The van der Waals surface area contributed by atoms with Crippen molar-refractivity contribution >= 4 is 9.84 Å². The maximum atomic E-state index is 13.0. The van der Waals surface area contributed by atoms with Crippen LogP contribution < -0.4 is 9.47 Å². The van der Waals surface area contributed by atoms with Crippen LogP contribution in [0.5, 0.6) is 17.5 Å². The Labute approximate surface area is 180 Å². The van der Waals surface area contributed by atoms with Gasteiger partial charge in [-0.15, -0.1) is 10.2 Å². The molecule has 0 saturated heterocycles. The van der Waals surface area contributed by atoms with Crippen molar-refractivity contribution in [3.63, 3.8) is 0 Å². The van der Waals surface area contributed by atoms with Gasteiger partial charge >= 0.3 is 12.3 Å². The number of aromatic nitrogens is 4. The van der Waals surface area contributed by atoms with Crippen LogP contribution in [-0.2, 0) is 9.84 Å². The number of rotatable bonds is 9. The lowest BCUT2D eigenvalue weighted by atomic mass is 10.2. The third-order valence-electron chi connectivity index (χ3n) is 4.02. The molecular formula is C19H16F4N4O4S. The first-order valence-electron chi connectivity index (χ1n) is 9.07. The molecule has 0 amide bonds. The van der Waals surface area contributed by atoms with E-state index in [1.807, 2.05) is 0 Å². The molecule has 0 bridgehead atoms. The molecule has 0 radical (unpaired) electrons. The van der Waals surface area contributed by atoms with Crippen molar-refractivity contribution in [2.24, 2.45) is 0 Å². The third kappa shape index (κ3) is 5.46. The summed E-state index contributed by atoms with van der Waals surface area (Å²) in [6.45, 7) is -0.150. The first kappa shape index (κ1) is 23.3. The second kappa shape index (κ2) is 9.42. The Balaban J connectivity index is 1.89. The number of nitrogens with zero attached hydrogens (tertiary/aromatic N) is 4. The third-order valence-corrected chi connectivity index (χ3v) is 5.76. The lowest BCUT2D eigenvalue weighted by Gasteiger charge is -2.15. The average Bonchev–Trinajstić information content (AvgIpc) is 2.79. The Kier molecular flexibility index (Phi) is 6.87. The van der Waals surface area contributed by atoms with Crippen molar-refractivity contribution < 1.29 is 35.5 Å². The zero-order chi connectivity index (χ0) is 23.4. The van der Waals surface area contributed by atoms with Gasteiger partial charge in [0, 0.05) is 24.4 Å². The molecule has 0 unspecified atom stereocenters. The number of sulfone groups is 1. The molecule has 3 rings (SSSR count). The van der Waals surface area contributed by atoms with E-state index in [0.29, 0.717) is 0 Å². The first-order chi connectivity index (χ1) is 15.1. The Bertz CT molecular complexity index is 1160. The van der Waals surface area contributed by atoms with E-state index in [9.17, 15) is 26.0 Å². The lowest BCUT2D eigenvalue weighted by molar-refractivity contribution is -0.148. The highest BCUT2D eigenvalue weighted by molar-refractivity contribution is 7.91. The van der Waals surface area contributed by atoms with E-state index >= 15 is 0 Å². The standard InChI is InChI=1S/C19H16F4N4O4S/c1-2-32(28,29)14-9-12(31-15-5-3-4-8-24-15)10-25-17(14)13-6-7-16(27-26-13)30-11-19(22,23)18(20)21/h3-10,18H,2,11H2,1H3. The molecule has 170 valence electrons. The summed E-state index contributed by atoms with van der Waals surface area (Å²) >= 11 is 0. The average molecular weight is 472 g/mol. The minimum absolute atomic E-state index is 0.00520. The summed E-state index contributed by atoms with van der Waals surface area (Å²) < 4.78 is 85.7. The topological polar surface area (TPSA) is 104 Å². The fourth-order valence-electron chi connectivity index (χ4n) is 2.35. The van der Waals surface area contributed by atoms with Gasteiger partial charge in [-0.3, -0.25) is 0 Å². The van der Waals surface area contributed by atoms with Gasteiger partial charge in [0.2, 0.25) is 11.8 Å². The van der Waals surface area contributed by atoms with Crippen molar-refractivity contribution in [2.45, 2.75) is 24.2 Å². The van der Waals surface area contributed by atoms with E-state index < -0.39 is 34.7 Å². The van der Waals surface area contributed by atoms with E-state index in [1.165, 1.54) is 31.5 Å². The summed E-state index contributed by atoms with van der Waals surface area (Å²) in [4.78, 5) is 7.89. The van der Waals surface area contributed by atoms with Crippen LogP contribution in [0.15, 0.2) is 53.7 Å². The van der Waals surface area contributed by atoms with Gasteiger partial charge in [0.15, 0.2) is 16.4 Å². The van der Waals surface area contributed by atoms with E-state index in [4.69, 9.17) is 4.74 Å². The molecule has 3 heterocycles. The van der Waals surface area contributed by atoms with Crippen LogP contribution in [0.4, 0.5) is 17.6 Å². The van der Waals surface area contributed by atoms with Crippen molar-refractivity contribution in [1.29, 1.82) is 0 Å². The highest BCUT2D eigenvalue weighted by Crippen LogP contribution is 2.30. The van der Waals surface area contributed by atoms with Gasteiger partial charge in [-0.25, -0.2) is 27.2 Å². The number of pyridine rings is 2. The van der Waals surface area contributed by atoms with Crippen molar-refractivity contribution in [2.75, 3.05) is 12.4 Å². The van der Waals surface area contributed by atoms with E-state index in [0.717, 1.165) is 6.07 Å². The van der Waals surface area contributed by atoms with Crippen LogP contribution >= 0.6 is 0 Å². The molecule has 0 atom stereocenters. The van der Waals surface area contributed by atoms with Crippen LogP contribution in [-0.4, -0.2) is 53.3 Å². The number of alkyl halides is 4. The maximum absolute atomic E-state index is 13.0. The highest BCUT2D eigenvalue weighted by Gasteiger charge is 2.41. The Morgan fingerprint density at radius 3 is 2.44 bits per heavy atom. The van der Waals surface area contributed by atoms with E-state index in [-0.39, 0.29) is 33.7 Å². The van der Waals surface area contributed by atoms with Crippen LogP contribution in [0.25, 0.3) is 11.4 Å². The zero-order valence-electron chi connectivity index (χ0n) is 16.5. The molecule has 0 aliphatic rings. The molecule has 8 nitrogen and oxygen atoms in total. The van der Waals surface area contributed by atoms with Gasteiger partial charge in [0.1, 0.15) is 17.1 Å². The van der Waals surface area contributed by atoms with Gasteiger partial charge in [0.05, 0.1) is 16.8 Å². The molecule has 32 heavy (non-hydrogen) atoms. The monoisotopic (exact) mass is 472 g/mol. The smallest absolute Gasteiger partial charge is 0.340 e. The summed E-state index contributed by atoms with van der Waals surface area (Å²) in [6.07, 6.45) is -1.14. The molecule has 0 aliphatic heterocycles. The molecule has 0 saturated carbocycles. The van der Waals surface area contributed by atoms with Crippen molar-refractivity contribution in [1.82, 2.24) is 20.2 Å². The molecule has 0 aliphatic carbocycles. The summed E-state index contributed by atoms with van der Waals surface area (Å²) in [5, 5.41) is 7.26. The summed E-state index contributed by atoms with van der Waals surface area (Å²) in [7, 11) is -3.79. The van der Waals surface area contributed by atoms with Crippen LogP contribution in [0, 0.1) is 0 Å². The van der Waals surface area contributed by atoms with Crippen LogP contribution in [0.3, 0.4) is 0 Å². The molecule has 0 aromatic carbocycles. The van der Waals surface area contributed by atoms with Gasteiger partial charge < -0.3 is 9.47 Å². The summed E-state index contributed by atoms with van der Waals surface area (Å²) in [5.74, 6) is -4.70. The molecule has 0 spiro atoms. The highest BCUT2D eigenvalue weighted by atomic mass is 32.2. The zero-order valence-corrected chi connectivity index (χ0v) is 17.3. The minimum atomic E-state index is -4.35. The predicted octanol–water partition coefficient (Wildman–Crippen LogP) is 3.80. The normalized spacial score (nSPS) is 12.1. The summed E-state index contributed by atoms with van der Waals surface area (Å²) in [6, 6.07) is 8.51. The summed E-state index contributed by atoms with van der Waals surface area (Å²) in [5.41, 5.74) is -0.0634. The molecule has 0 N–H and O–H groups in total. The second-order valence-corrected chi connectivity index (χ2v) is 8.55. The van der Waals surface area contributed by atoms with Crippen molar-refractivity contribution in [3.05, 3.63) is 48.8 Å². The van der Waals surface area contributed by atoms with E-state index in [2.05, 4.69) is 24.9 Å². The van der Waals surface area contributed by atoms with Crippen LogP contribution in [0.2, 0.25) is 0 Å². The van der Waals surface area contributed by atoms with Gasteiger partial charge in [0.25, 0.3) is 0 Å². The molecule has 3 aromatic heterocycles. The number of hydrogen-bond donors (Lipinski definition) is 0. The Morgan fingerprint density at radius 2 is 1.84 bits per heavy atom. The molecular weight excluding hydrogens is 456 g/mol. The van der Waals surface area contributed by atoms with Gasteiger partial charge in [-0.1, -0.05) is 13.0 Å². The lowest BCUT2D eigenvalue weighted by Crippen LogP contribution is -2.33. The van der Waals surface area contributed by atoms with Gasteiger partial charge in [-0.2, -0.15) is 8.78 Å². The van der Waals surface area contributed by atoms with Crippen LogP contribution in [0.1, 0.15) is 6.92 Å². The maximum Gasteiger partial charge on any atom is 0.340 e. The first-order valence-corrected chi connectivity index (χ1v) is 10.7. The second-order valence-electron chi connectivity index (χ2n) is 6.30. The van der Waals surface area contributed by atoms with Gasteiger partial charge in [-0.05, 0) is 12.1 Å². The molecule has 13 heteroatoms. The Morgan fingerprint density at radius 1 is 1.06 bits per heavy atom. The fourth-order valence-corrected chi connectivity index (χ4v) is 3.41. The quantitative estimate of drug-likeness (QED) is 0.433.